The quantitative estimate of drug-likeness (QED) is 0.797. The van der Waals surface area contributed by atoms with Gasteiger partial charge in [-0.1, -0.05) is 18.6 Å². The van der Waals surface area contributed by atoms with Gasteiger partial charge in [0.2, 0.25) is 5.95 Å². The Balaban J connectivity index is 1.73. The van der Waals surface area contributed by atoms with E-state index in [4.69, 9.17) is 18.0 Å². The highest BCUT2D eigenvalue weighted by Gasteiger charge is 2.39. The van der Waals surface area contributed by atoms with E-state index >= 15 is 0 Å². The van der Waals surface area contributed by atoms with Gasteiger partial charge < -0.3 is 11.1 Å². The second kappa shape index (κ2) is 4.22. The molecule has 2 bridgehead atoms. The third kappa shape index (κ3) is 2.11. The van der Waals surface area contributed by atoms with E-state index in [1.165, 1.54) is 25.7 Å². The number of thiocarbonyl (C=S) groups is 1. The average molecular weight is 248 g/mol. The number of hydrogen-bond acceptors (Lipinski definition) is 4. The third-order valence-electron chi connectivity index (χ3n) is 3.96. The number of fused-ring (bicyclic) bond motifs is 2. The molecule has 1 heterocycles. The molecule has 3 atom stereocenters. The molecular formula is C12H16N4S. The maximum atomic E-state index is 5.56. The lowest BCUT2D eigenvalue weighted by atomic mass is 9.95. The predicted molar refractivity (Wildman–Crippen MR) is 70.8 cm³/mol. The Morgan fingerprint density at radius 2 is 2.29 bits per heavy atom. The Hall–Kier alpha value is -1.23. The molecule has 90 valence electrons. The highest BCUT2D eigenvalue weighted by atomic mass is 32.1. The lowest BCUT2D eigenvalue weighted by Gasteiger charge is -2.22. The molecule has 3 N–H and O–H groups in total. The average Bonchev–Trinajstić information content (AvgIpc) is 2.91. The number of hydrogen-bond donors (Lipinski definition) is 2. The van der Waals surface area contributed by atoms with Gasteiger partial charge in [0, 0.05) is 12.2 Å². The molecule has 5 heteroatoms. The lowest BCUT2D eigenvalue weighted by Crippen LogP contribution is -2.27. The molecule has 2 fully saturated rings. The Morgan fingerprint density at radius 3 is 2.94 bits per heavy atom. The summed E-state index contributed by atoms with van der Waals surface area (Å²) < 4.78 is 0. The summed E-state index contributed by atoms with van der Waals surface area (Å²) in [5.74, 6) is 2.38. The summed E-state index contributed by atoms with van der Waals surface area (Å²) >= 11 is 4.92. The molecule has 2 saturated carbocycles. The Bertz CT molecular complexity index is 448. The van der Waals surface area contributed by atoms with E-state index in [-0.39, 0.29) is 0 Å². The fourth-order valence-electron chi connectivity index (χ4n) is 3.15. The third-order valence-corrected chi connectivity index (χ3v) is 4.17. The van der Waals surface area contributed by atoms with Gasteiger partial charge in [0.25, 0.3) is 0 Å². The Kier molecular flexibility index (Phi) is 2.70. The van der Waals surface area contributed by atoms with Crippen molar-refractivity contribution >= 4 is 23.2 Å². The summed E-state index contributed by atoms with van der Waals surface area (Å²) in [6, 6.07) is 2.28. The number of rotatable bonds is 3. The van der Waals surface area contributed by atoms with E-state index in [0.29, 0.717) is 22.7 Å². The molecule has 0 amide bonds. The van der Waals surface area contributed by atoms with Crippen molar-refractivity contribution in [3.63, 3.8) is 0 Å². The molecule has 2 aliphatic rings. The van der Waals surface area contributed by atoms with Gasteiger partial charge in [-0.3, -0.25) is 0 Å². The van der Waals surface area contributed by atoms with E-state index in [1.807, 2.05) is 0 Å². The molecule has 0 saturated heterocycles. The maximum absolute atomic E-state index is 5.56. The summed E-state index contributed by atoms with van der Waals surface area (Å²) in [6.07, 6.45) is 7.07. The molecule has 3 rings (SSSR count). The molecule has 2 aliphatic carbocycles. The molecule has 17 heavy (non-hydrogen) atoms. The molecule has 3 unspecified atom stereocenters. The largest absolute Gasteiger partial charge is 0.388 e. The smallest absolute Gasteiger partial charge is 0.223 e. The maximum Gasteiger partial charge on any atom is 0.223 e. The van der Waals surface area contributed by atoms with Crippen LogP contribution < -0.4 is 11.1 Å². The SMILES string of the molecule is NC(=S)c1ccnc(NC2CC3CCC2C3)n1. The van der Waals surface area contributed by atoms with Crippen molar-refractivity contribution in [2.24, 2.45) is 17.6 Å². The molecule has 1 aromatic heterocycles. The van der Waals surface area contributed by atoms with Crippen LogP contribution in [0.15, 0.2) is 12.3 Å². The zero-order valence-corrected chi connectivity index (χ0v) is 10.4. The zero-order chi connectivity index (χ0) is 11.8. The van der Waals surface area contributed by atoms with E-state index in [1.54, 1.807) is 12.3 Å². The number of nitrogens with one attached hydrogen (secondary N) is 1. The number of nitrogens with zero attached hydrogens (tertiary/aromatic N) is 2. The first kappa shape index (κ1) is 10.9. The minimum Gasteiger partial charge on any atom is -0.388 e. The zero-order valence-electron chi connectivity index (χ0n) is 9.60. The first-order valence-electron chi connectivity index (χ1n) is 6.12. The predicted octanol–water partition coefficient (Wildman–Crippen LogP) is 1.71. The van der Waals surface area contributed by atoms with Gasteiger partial charge in [-0.05, 0) is 37.2 Å². The molecule has 0 aliphatic heterocycles. The summed E-state index contributed by atoms with van der Waals surface area (Å²) in [5.41, 5.74) is 6.20. The van der Waals surface area contributed by atoms with Crippen molar-refractivity contribution < 1.29 is 0 Å². The number of aromatic nitrogens is 2. The van der Waals surface area contributed by atoms with Gasteiger partial charge in [-0.15, -0.1) is 0 Å². The van der Waals surface area contributed by atoms with Crippen LogP contribution in [0.25, 0.3) is 0 Å². The van der Waals surface area contributed by atoms with Crippen LogP contribution in [0.1, 0.15) is 31.4 Å². The van der Waals surface area contributed by atoms with Crippen molar-refractivity contribution in [1.29, 1.82) is 0 Å². The second-order valence-electron chi connectivity index (χ2n) is 5.06. The van der Waals surface area contributed by atoms with Crippen LogP contribution in [-0.4, -0.2) is 21.0 Å². The van der Waals surface area contributed by atoms with Gasteiger partial charge >= 0.3 is 0 Å². The fourth-order valence-corrected chi connectivity index (χ4v) is 3.27. The first-order valence-corrected chi connectivity index (χ1v) is 6.52. The van der Waals surface area contributed by atoms with Crippen LogP contribution in [0, 0.1) is 11.8 Å². The van der Waals surface area contributed by atoms with Crippen LogP contribution in [0.2, 0.25) is 0 Å². The highest BCUT2D eigenvalue weighted by molar-refractivity contribution is 7.80. The van der Waals surface area contributed by atoms with Gasteiger partial charge in [0.05, 0.1) is 0 Å². The normalized spacial score (nSPS) is 30.5. The summed E-state index contributed by atoms with van der Waals surface area (Å²) in [7, 11) is 0. The van der Waals surface area contributed by atoms with Crippen LogP contribution in [0.5, 0.6) is 0 Å². The Morgan fingerprint density at radius 1 is 1.41 bits per heavy atom. The van der Waals surface area contributed by atoms with Crippen LogP contribution >= 0.6 is 12.2 Å². The summed E-state index contributed by atoms with van der Waals surface area (Å²) in [6.45, 7) is 0. The minimum absolute atomic E-state index is 0.323. The Labute approximate surface area is 106 Å². The standard InChI is InChI=1S/C12H16N4S/c13-11(17)9-3-4-14-12(15-9)16-10-6-7-1-2-8(10)5-7/h3-4,7-8,10H,1-2,5-6H2,(H2,13,17)(H,14,15,16). The van der Waals surface area contributed by atoms with Gasteiger partial charge in [0.15, 0.2) is 0 Å². The minimum atomic E-state index is 0.323. The van der Waals surface area contributed by atoms with Gasteiger partial charge in [0.1, 0.15) is 10.7 Å². The van der Waals surface area contributed by atoms with Gasteiger partial charge in [-0.25, -0.2) is 9.97 Å². The monoisotopic (exact) mass is 248 g/mol. The first-order chi connectivity index (χ1) is 8.22. The number of anilines is 1. The van der Waals surface area contributed by atoms with Crippen LogP contribution in [0.4, 0.5) is 5.95 Å². The summed E-state index contributed by atoms with van der Waals surface area (Å²) in [5, 5.41) is 3.43. The molecule has 1 aromatic rings. The van der Waals surface area contributed by atoms with Crippen LogP contribution in [0.3, 0.4) is 0 Å². The molecular weight excluding hydrogens is 232 g/mol. The summed E-state index contributed by atoms with van der Waals surface area (Å²) in [4.78, 5) is 8.88. The number of nitrogens with two attached hydrogens (primary N) is 1. The van der Waals surface area contributed by atoms with Gasteiger partial charge in [-0.2, -0.15) is 0 Å². The van der Waals surface area contributed by atoms with Crippen molar-refractivity contribution in [1.82, 2.24) is 9.97 Å². The van der Waals surface area contributed by atoms with E-state index in [2.05, 4.69) is 15.3 Å². The van der Waals surface area contributed by atoms with Crippen molar-refractivity contribution in [2.75, 3.05) is 5.32 Å². The van der Waals surface area contributed by atoms with Crippen molar-refractivity contribution in [3.05, 3.63) is 18.0 Å². The van der Waals surface area contributed by atoms with Crippen molar-refractivity contribution in [2.45, 2.75) is 31.7 Å². The molecule has 0 radical (unpaired) electrons. The molecule has 4 nitrogen and oxygen atoms in total. The van der Waals surface area contributed by atoms with E-state index in [9.17, 15) is 0 Å². The van der Waals surface area contributed by atoms with Crippen LogP contribution in [-0.2, 0) is 0 Å². The lowest BCUT2D eigenvalue weighted by molar-refractivity contribution is 0.438. The molecule has 0 aromatic carbocycles. The van der Waals surface area contributed by atoms with E-state index < -0.39 is 0 Å². The van der Waals surface area contributed by atoms with E-state index in [0.717, 1.165) is 11.8 Å². The highest BCUT2D eigenvalue weighted by Crippen LogP contribution is 2.45. The topological polar surface area (TPSA) is 63.8 Å². The van der Waals surface area contributed by atoms with Crippen molar-refractivity contribution in [3.8, 4) is 0 Å². The molecule has 0 spiro atoms. The fraction of sp³-hybridized carbons (Fsp3) is 0.583. The second-order valence-corrected chi connectivity index (χ2v) is 5.50.